The molecule has 9 nitrogen and oxygen atoms in total. The number of ketones is 2. The molecule has 4 aliphatic rings. The lowest BCUT2D eigenvalue weighted by molar-refractivity contribution is -0.141. The number of ether oxygens (including phenoxy) is 1. The van der Waals surface area contributed by atoms with Crippen molar-refractivity contribution in [2.75, 3.05) is 12.1 Å². The molecule has 0 saturated carbocycles. The summed E-state index contributed by atoms with van der Waals surface area (Å²) in [6, 6.07) is 15.8. The van der Waals surface area contributed by atoms with Crippen molar-refractivity contribution < 1.29 is 42.2 Å². The Bertz CT molecular complexity index is 2080. The highest BCUT2D eigenvalue weighted by Crippen LogP contribution is 2.56. The average molecular weight is 704 g/mol. The van der Waals surface area contributed by atoms with Crippen LogP contribution in [0, 0.1) is 17.8 Å². The fourth-order valence-electron chi connectivity index (χ4n) is 7.50. The third kappa shape index (κ3) is 5.47. The molecule has 2 amide bonds. The number of carbonyl (C=O) groups is 4. The Hall–Kier alpha value is -5.23. The first-order valence-electron chi connectivity index (χ1n) is 15.8. The number of rotatable bonds is 6. The van der Waals surface area contributed by atoms with Crippen LogP contribution in [0.4, 0.5) is 19.0 Å². The van der Waals surface area contributed by atoms with Crippen molar-refractivity contribution in [3.8, 4) is 11.5 Å². The number of aromatic nitrogens is 1. The predicted molar refractivity (Wildman–Crippen MR) is 175 cm³/mol. The summed E-state index contributed by atoms with van der Waals surface area (Å²) in [5.74, 6) is -5.97. The number of allylic oxidation sites excluding steroid dienone is 6. The predicted octanol–water partition coefficient (Wildman–Crippen LogP) is 6.52. The van der Waals surface area contributed by atoms with Gasteiger partial charge in [0.05, 0.1) is 16.9 Å². The summed E-state index contributed by atoms with van der Waals surface area (Å²) in [7, 11) is 1.23. The molecule has 1 N–H and O–H groups in total. The summed E-state index contributed by atoms with van der Waals surface area (Å²) in [4.78, 5) is 58.8. The first-order chi connectivity index (χ1) is 23.8. The summed E-state index contributed by atoms with van der Waals surface area (Å²) < 4.78 is 46.4. The van der Waals surface area contributed by atoms with E-state index in [0.717, 1.165) is 21.6 Å². The number of halogens is 4. The molecule has 2 heterocycles. The molecule has 13 heteroatoms. The number of phenols is 1. The summed E-state index contributed by atoms with van der Waals surface area (Å²) in [6.07, 6.45) is -1.73. The Morgan fingerprint density at radius 2 is 1.76 bits per heavy atom. The second kappa shape index (κ2) is 12.3. The van der Waals surface area contributed by atoms with Gasteiger partial charge >= 0.3 is 6.18 Å². The zero-order valence-electron chi connectivity index (χ0n) is 26.7. The minimum atomic E-state index is -4.80. The van der Waals surface area contributed by atoms with Gasteiger partial charge in [0.1, 0.15) is 23.8 Å². The quantitative estimate of drug-likeness (QED) is 0.175. The first-order valence-corrected chi connectivity index (χ1v) is 16.2. The van der Waals surface area contributed by atoms with E-state index in [1.54, 1.807) is 25.1 Å². The van der Waals surface area contributed by atoms with E-state index in [1.165, 1.54) is 19.2 Å². The van der Waals surface area contributed by atoms with Crippen molar-refractivity contribution in [3.63, 3.8) is 0 Å². The number of phenolic OH excluding ortho intramolecular Hbond substituents is 1. The van der Waals surface area contributed by atoms with Crippen molar-refractivity contribution >= 4 is 40.8 Å². The number of anilines is 1. The third-order valence-electron chi connectivity index (χ3n) is 9.83. The Kier molecular flexibility index (Phi) is 8.17. The van der Waals surface area contributed by atoms with Gasteiger partial charge in [-0.1, -0.05) is 59.6 Å². The number of carbonyl (C=O) groups excluding carboxylic acids is 4. The molecule has 0 spiro atoms. The summed E-state index contributed by atoms with van der Waals surface area (Å²) in [5.41, 5.74) is 1.20. The lowest BCUT2D eigenvalue weighted by Gasteiger charge is -2.42. The van der Waals surface area contributed by atoms with Crippen LogP contribution in [0.2, 0.25) is 5.02 Å². The van der Waals surface area contributed by atoms with E-state index in [-0.39, 0.29) is 52.7 Å². The monoisotopic (exact) mass is 703 g/mol. The molecule has 3 aromatic rings. The van der Waals surface area contributed by atoms with Gasteiger partial charge < -0.3 is 9.84 Å². The van der Waals surface area contributed by atoms with Gasteiger partial charge in [-0.3, -0.25) is 24.2 Å². The molecule has 1 aromatic heterocycles. The molecular formula is C37H29ClF3N3O6. The molecule has 4 atom stereocenters. The van der Waals surface area contributed by atoms with Crippen LogP contribution in [0.25, 0.3) is 0 Å². The topological polar surface area (TPSA) is 117 Å². The normalized spacial score (nSPS) is 23.3. The Balaban J connectivity index is 1.26. The molecule has 7 rings (SSSR count). The maximum absolute atomic E-state index is 14.2. The highest BCUT2D eigenvalue weighted by atomic mass is 35.5. The van der Waals surface area contributed by atoms with Crippen LogP contribution in [0.1, 0.15) is 42.5 Å². The highest BCUT2D eigenvalue weighted by molar-refractivity contribution is 6.33. The number of hydrogen-bond acceptors (Lipinski definition) is 8. The van der Waals surface area contributed by atoms with E-state index in [4.69, 9.17) is 16.3 Å². The lowest BCUT2D eigenvalue weighted by atomic mass is 9.59. The molecular weight excluding hydrogens is 675 g/mol. The van der Waals surface area contributed by atoms with Crippen LogP contribution in [-0.4, -0.2) is 45.5 Å². The number of amides is 2. The number of nitrogens with zero attached hydrogens (tertiary/aromatic N) is 3. The molecule has 50 heavy (non-hydrogen) atoms. The van der Waals surface area contributed by atoms with Crippen molar-refractivity contribution in [1.29, 1.82) is 0 Å². The van der Waals surface area contributed by atoms with Gasteiger partial charge in [0.2, 0.25) is 0 Å². The number of pyridine rings is 1. The number of aromatic hydroxyl groups is 1. The number of hydrogen-bond donors (Lipinski definition) is 1. The van der Waals surface area contributed by atoms with Gasteiger partial charge in [0.25, 0.3) is 11.8 Å². The van der Waals surface area contributed by atoms with Gasteiger partial charge in [-0.15, -0.1) is 0 Å². The van der Waals surface area contributed by atoms with Crippen molar-refractivity contribution in [3.05, 3.63) is 117 Å². The Labute approximate surface area is 289 Å². The van der Waals surface area contributed by atoms with Gasteiger partial charge in [0.15, 0.2) is 17.4 Å². The largest absolute Gasteiger partial charge is 0.507 e. The second-order valence-corrected chi connectivity index (χ2v) is 13.1. The average Bonchev–Trinajstić information content (AvgIpc) is 3.34. The van der Waals surface area contributed by atoms with Gasteiger partial charge in [-0.25, -0.2) is 4.98 Å². The zero-order valence-corrected chi connectivity index (χ0v) is 27.5. The summed E-state index contributed by atoms with van der Waals surface area (Å²) in [5, 5.41) is 12.9. The van der Waals surface area contributed by atoms with Gasteiger partial charge in [-0.2, -0.15) is 18.2 Å². The van der Waals surface area contributed by atoms with Crippen molar-refractivity contribution in [2.45, 2.75) is 38.5 Å². The molecule has 0 radical (unpaired) electrons. The maximum atomic E-state index is 14.2. The van der Waals surface area contributed by atoms with E-state index >= 15 is 0 Å². The molecule has 0 unspecified atom stereocenters. The minimum absolute atomic E-state index is 0.0225. The molecule has 0 bridgehead atoms. The van der Waals surface area contributed by atoms with Crippen LogP contribution in [0.15, 0.2) is 95.1 Å². The van der Waals surface area contributed by atoms with E-state index in [1.807, 2.05) is 30.3 Å². The number of alkyl halides is 3. The number of fused-ring (bicyclic) bond motifs is 3. The van der Waals surface area contributed by atoms with Crippen LogP contribution in [0.3, 0.4) is 0 Å². The summed E-state index contributed by atoms with van der Waals surface area (Å²) >= 11 is 6.22. The Morgan fingerprint density at radius 3 is 2.46 bits per heavy atom. The first kappa shape index (κ1) is 33.3. The van der Waals surface area contributed by atoms with Crippen LogP contribution in [0.5, 0.6) is 11.5 Å². The number of hydrazine groups is 1. The summed E-state index contributed by atoms with van der Waals surface area (Å²) in [6.45, 7) is 1.78. The molecule has 3 aliphatic carbocycles. The highest BCUT2D eigenvalue weighted by Gasteiger charge is 2.58. The third-order valence-corrected chi connectivity index (χ3v) is 10.1. The number of imide groups is 1. The maximum Gasteiger partial charge on any atom is 0.433 e. The van der Waals surface area contributed by atoms with Crippen LogP contribution < -0.4 is 9.75 Å². The van der Waals surface area contributed by atoms with Gasteiger partial charge in [0, 0.05) is 41.3 Å². The Morgan fingerprint density at radius 1 is 1.02 bits per heavy atom. The molecule has 1 fully saturated rings. The molecule has 1 saturated heterocycles. The standard InChI is InChI=1S/C37H29ClF3N3O6/c1-18-14-27(45)25-16-24-21(30(32(25)33(18)47)22-9-8-20(15-28(22)46)50-17-19-6-4-3-5-7-19)10-11-23-31(24)36(49)44(35(23)48)43(2)34-26(38)12-13-29(42-34)37(39,40)41/h3-10,12-15,23-24,30-31,46H,11,16-17H2,1-2H3/t23-,24+,30+,31-/m0/s1. The van der Waals surface area contributed by atoms with Crippen molar-refractivity contribution in [2.24, 2.45) is 17.8 Å². The lowest BCUT2D eigenvalue weighted by Crippen LogP contribution is -2.46. The van der Waals surface area contributed by atoms with Crippen LogP contribution in [-0.2, 0) is 32.0 Å². The fourth-order valence-corrected chi connectivity index (χ4v) is 7.73. The minimum Gasteiger partial charge on any atom is -0.507 e. The number of benzene rings is 2. The van der Waals surface area contributed by atoms with Crippen molar-refractivity contribution in [1.82, 2.24) is 9.99 Å². The van der Waals surface area contributed by atoms with E-state index in [2.05, 4.69) is 4.98 Å². The molecule has 2 aromatic carbocycles. The fraction of sp³-hybridized carbons (Fsp3) is 0.270. The van der Waals surface area contributed by atoms with Gasteiger partial charge in [-0.05, 0) is 55.5 Å². The van der Waals surface area contributed by atoms with E-state index in [9.17, 15) is 37.5 Å². The van der Waals surface area contributed by atoms with E-state index in [0.29, 0.717) is 23.0 Å². The van der Waals surface area contributed by atoms with Crippen LogP contribution >= 0.6 is 11.6 Å². The zero-order chi connectivity index (χ0) is 35.6. The smallest absolute Gasteiger partial charge is 0.433 e. The molecule has 1 aliphatic heterocycles. The number of Topliss-reactive ketones (excluding diaryl/α,β-unsaturated/α-hetero) is 1. The molecule has 256 valence electrons. The van der Waals surface area contributed by atoms with E-state index < -0.39 is 59.0 Å². The second-order valence-electron chi connectivity index (χ2n) is 12.7. The SMILES string of the molecule is CC1=CC(=O)C2=C(C1=O)[C@@H](c1ccc(OCc3ccccc3)cc1O)C1=CC[C@@H]3C(=O)N(N(C)c4nc(C(F)(F)F)ccc4Cl)C(=O)[C@@H]3[C@@H]1C2.